The molecule has 0 saturated heterocycles. The summed E-state index contributed by atoms with van der Waals surface area (Å²) in [7, 11) is 0. The minimum Gasteiger partial charge on any atom is -0.442 e. The van der Waals surface area contributed by atoms with Crippen molar-refractivity contribution in [3.05, 3.63) is 52.5 Å². The molecule has 22 heavy (non-hydrogen) atoms. The molecule has 112 valence electrons. The number of nitrogens with one attached hydrogen (secondary N) is 1. The highest BCUT2D eigenvalue weighted by molar-refractivity contribution is 6.31. The van der Waals surface area contributed by atoms with E-state index in [0.717, 1.165) is 40.4 Å². The highest BCUT2D eigenvalue weighted by atomic mass is 35.5. The van der Waals surface area contributed by atoms with Gasteiger partial charge in [0.25, 0.3) is 0 Å². The van der Waals surface area contributed by atoms with Crippen LogP contribution in [0.2, 0.25) is 5.02 Å². The molecule has 0 unspecified atom stereocenters. The SMILES string of the molecule is Clc1ccccc1CNc1ncnc2oc3c(c12)CCCC3. The quantitative estimate of drug-likeness (QED) is 0.780. The Bertz CT molecular complexity index is 828. The molecule has 0 radical (unpaired) electrons. The van der Waals surface area contributed by atoms with Crippen LogP contribution in [0.4, 0.5) is 5.82 Å². The summed E-state index contributed by atoms with van der Waals surface area (Å²) in [6.07, 6.45) is 5.96. The number of anilines is 1. The molecule has 4 nitrogen and oxygen atoms in total. The van der Waals surface area contributed by atoms with Crippen LogP contribution in [0, 0.1) is 0 Å². The number of nitrogens with zero attached hydrogens (tertiary/aromatic N) is 2. The van der Waals surface area contributed by atoms with Gasteiger partial charge in [0.05, 0.1) is 5.39 Å². The van der Waals surface area contributed by atoms with Crippen molar-refractivity contribution in [1.82, 2.24) is 9.97 Å². The third-order valence-electron chi connectivity index (χ3n) is 4.16. The number of rotatable bonds is 3. The maximum Gasteiger partial charge on any atom is 0.231 e. The van der Waals surface area contributed by atoms with Crippen LogP contribution in [0.25, 0.3) is 11.1 Å². The molecule has 0 spiro atoms. The maximum absolute atomic E-state index is 6.21. The Kier molecular flexibility index (Phi) is 3.47. The van der Waals surface area contributed by atoms with Crippen molar-refractivity contribution in [3.8, 4) is 0 Å². The lowest BCUT2D eigenvalue weighted by molar-refractivity contribution is 0.499. The van der Waals surface area contributed by atoms with E-state index in [9.17, 15) is 0 Å². The van der Waals surface area contributed by atoms with Gasteiger partial charge in [0, 0.05) is 23.6 Å². The second-order valence-corrected chi connectivity index (χ2v) is 5.97. The number of benzene rings is 1. The van der Waals surface area contributed by atoms with Crippen molar-refractivity contribution in [2.24, 2.45) is 0 Å². The molecule has 4 rings (SSSR count). The lowest BCUT2D eigenvalue weighted by Crippen LogP contribution is -2.04. The van der Waals surface area contributed by atoms with E-state index in [4.69, 9.17) is 16.0 Å². The van der Waals surface area contributed by atoms with Crippen molar-refractivity contribution in [1.29, 1.82) is 0 Å². The van der Waals surface area contributed by atoms with Crippen LogP contribution in [0.5, 0.6) is 0 Å². The average Bonchev–Trinajstić information content (AvgIpc) is 2.93. The summed E-state index contributed by atoms with van der Waals surface area (Å²) >= 11 is 6.21. The van der Waals surface area contributed by atoms with Gasteiger partial charge in [-0.3, -0.25) is 0 Å². The first-order chi connectivity index (χ1) is 10.8. The lowest BCUT2D eigenvalue weighted by atomic mass is 9.96. The van der Waals surface area contributed by atoms with E-state index in [2.05, 4.69) is 15.3 Å². The summed E-state index contributed by atoms with van der Waals surface area (Å²) < 4.78 is 5.89. The van der Waals surface area contributed by atoms with Crippen LogP contribution >= 0.6 is 11.6 Å². The number of aryl methyl sites for hydroxylation is 2. The largest absolute Gasteiger partial charge is 0.442 e. The molecule has 2 aromatic heterocycles. The van der Waals surface area contributed by atoms with Gasteiger partial charge >= 0.3 is 0 Å². The first kappa shape index (κ1) is 13.6. The first-order valence-electron chi connectivity index (χ1n) is 7.55. The summed E-state index contributed by atoms with van der Waals surface area (Å²) in [5.74, 6) is 1.90. The fourth-order valence-corrected chi connectivity index (χ4v) is 3.25. The zero-order chi connectivity index (χ0) is 14.9. The Morgan fingerprint density at radius 1 is 1.14 bits per heavy atom. The summed E-state index contributed by atoms with van der Waals surface area (Å²) in [5.41, 5.74) is 3.00. The standard InChI is InChI=1S/C17H16ClN3O/c18-13-7-3-1-5-11(13)9-19-16-15-12-6-2-4-8-14(12)22-17(15)21-10-20-16/h1,3,5,7,10H,2,4,6,8-9H2,(H,19,20,21). The Hall–Kier alpha value is -2.07. The number of fused-ring (bicyclic) bond motifs is 3. The predicted octanol–water partition coefficient (Wildman–Crippen LogP) is 4.37. The third kappa shape index (κ3) is 2.33. The fraction of sp³-hybridized carbons (Fsp3) is 0.294. The molecule has 5 heteroatoms. The lowest BCUT2D eigenvalue weighted by Gasteiger charge is -2.11. The molecule has 1 aromatic carbocycles. The van der Waals surface area contributed by atoms with Gasteiger partial charge in [-0.2, -0.15) is 0 Å². The monoisotopic (exact) mass is 313 g/mol. The molecule has 1 N–H and O–H groups in total. The number of hydrogen-bond donors (Lipinski definition) is 1. The maximum atomic E-state index is 6.21. The molecule has 1 aliphatic rings. The molecule has 2 heterocycles. The van der Waals surface area contributed by atoms with Gasteiger partial charge in [0.15, 0.2) is 0 Å². The summed E-state index contributed by atoms with van der Waals surface area (Å²) in [4.78, 5) is 8.68. The second kappa shape index (κ2) is 5.61. The Morgan fingerprint density at radius 3 is 2.91 bits per heavy atom. The van der Waals surface area contributed by atoms with Crippen LogP contribution in [0.1, 0.15) is 29.7 Å². The topological polar surface area (TPSA) is 51.0 Å². The number of hydrogen-bond acceptors (Lipinski definition) is 4. The zero-order valence-corrected chi connectivity index (χ0v) is 12.9. The van der Waals surface area contributed by atoms with Crippen molar-refractivity contribution in [2.45, 2.75) is 32.2 Å². The van der Waals surface area contributed by atoms with Crippen LogP contribution in [-0.2, 0) is 19.4 Å². The molecular weight excluding hydrogens is 298 g/mol. The van der Waals surface area contributed by atoms with E-state index in [1.165, 1.54) is 18.4 Å². The molecule has 3 aromatic rings. The molecule has 0 fully saturated rings. The summed E-state index contributed by atoms with van der Waals surface area (Å²) in [5, 5.41) is 5.18. The number of aromatic nitrogens is 2. The Balaban J connectivity index is 1.70. The van der Waals surface area contributed by atoms with Crippen molar-refractivity contribution in [3.63, 3.8) is 0 Å². The second-order valence-electron chi connectivity index (χ2n) is 5.56. The molecular formula is C17H16ClN3O. The van der Waals surface area contributed by atoms with E-state index in [0.29, 0.717) is 12.3 Å². The molecule has 0 bridgehead atoms. The average molecular weight is 314 g/mol. The fourth-order valence-electron chi connectivity index (χ4n) is 3.04. The van der Waals surface area contributed by atoms with Crippen LogP contribution < -0.4 is 5.32 Å². The normalized spacial score (nSPS) is 14.0. The third-order valence-corrected chi connectivity index (χ3v) is 4.52. The highest BCUT2D eigenvalue weighted by Crippen LogP contribution is 2.34. The molecule has 0 saturated carbocycles. The molecule has 0 aliphatic heterocycles. The van der Waals surface area contributed by atoms with E-state index < -0.39 is 0 Å². The Morgan fingerprint density at radius 2 is 2.00 bits per heavy atom. The molecule has 1 aliphatic carbocycles. The van der Waals surface area contributed by atoms with Gasteiger partial charge in [0.1, 0.15) is 17.9 Å². The van der Waals surface area contributed by atoms with Crippen LogP contribution in [-0.4, -0.2) is 9.97 Å². The Labute approximate surface area is 133 Å². The van der Waals surface area contributed by atoms with Crippen molar-refractivity contribution >= 4 is 28.5 Å². The van der Waals surface area contributed by atoms with E-state index in [-0.39, 0.29) is 0 Å². The number of halogens is 1. The van der Waals surface area contributed by atoms with Gasteiger partial charge in [-0.05, 0) is 30.9 Å². The van der Waals surface area contributed by atoms with Gasteiger partial charge in [-0.1, -0.05) is 29.8 Å². The molecule has 0 amide bonds. The van der Waals surface area contributed by atoms with Gasteiger partial charge in [0.2, 0.25) is 5.71 Å². The van der Waals surface area contributed by atoms with E-state index >= 15 is 0 Å². The minimum absolute atomic E-state index is 0.631. The van der Waals surface area contributed by atoms with E-state index in [1.54, 1.807) is 6.33 Å². The summed E-state index contributed by atoms with van der Waals surface area (Å²) in [6, 6.07) is 7.83. The number of furan rings is 1. The van der Waals surface area contributed by atoms with Crippen molar-refractivity contribution in [2.75, 3.05) is 5.32 Å². The van der Waals surface area contributed by atoms with Gasteiger partial charge < -0.3 is 9.73 Å². The highest BCUT2D eigenvalue weighted by Gasteiger charge is 2.21. The minimum atomic E-state index is 0.631. The summed E-state index contributed by atoms with van der Waals surface area (Å²) in [6.45, 7) is 0.631. The van der Waals surface area contributed by atoms with Crippen molar-refractivity contribution < 1.29 is 4.42 Å². The van der Waals surface area contributed by atoms with Gasteiger partial charge in [-0.15, -0.1) is 0 Å². The van der Waals surface area contributed by atoms with Crippen LogP contribution in [0.15, 0.2) is 35.0 Å². The van der Waals surface area contributed by atoms with Gasteiger partial charge in [-0.25, -0.2) is 9.97 Å². The first-order valence-corrected chi connectivity index (χ1v) is 7.93. The zero-order valence-electron chi connectivity index (χ0n) is 12.1. The van der Waals surface area contributed by atoms with E-state index in [1.807, 2.05) is 24.3 Å². The smallest absolute Gasteiger partial charge is 0.231 e. The molecule has 0 atom stereocenters. The van der Waals surface area contributed by atoms with Crippen LogP contribution in [0.3, 0.4) is 0 Å². The predicted molar refractivity (Wildman–Crippen MR) is 87.2 cm³/mol.